The summed E-state index contributed by atoms with van der Waals surface area (Å²) in [7, 11) is 0. The molecule has 0 spiro atoms. The lowest BCUT2D eigenvalue weighted by atomic mass is 10.1. The fourth-order valence-electron chi connectivity index (χ4n) is 3.40. The SMILES string of the molecule is O=C(CC1C(=O)NCCN1CC=Cc1ccccc1)NCCCc1cccnc1. The summed E-state index contributed by atoms with van der Waals surface area (Å²) < 4.78 is 0. The third-order valence-electron chi connectivity index (χ3n) is 4.96. The van der Waals surface area contributed by atoms with Crippen LogP contribution in [0.3, 0.4) is 0 Å². The van der Waals surface area contributed by atoms with E-state index in [-0.39, 0.29) is 18.2 Å². The van der Waals surface area contributed by atoms with Gasteiger partial charge in [0, 0.05) is 38.6 Å². The van der Waals surface area contributed by atoms with E-state index in [1.54, 1.807) is 6.20 Å². The van der Waals surface area contributed by atoms with Gasteiger partial charge in [0.25, 0.3) is 0 Å². The molecule has 29 heavy (non-hydrogen) atoms. The monoisotopic (exact) mass is 392 g/mol. The first-order valence-corrected chi connectivity index (χ1v) is 10.1. The van der Waals surface area contributed by atoms with Crippen molar-refractivity contribution in [3.05, 3.63) is 72.1 Å². The van der Waals surface area contributed by atoms with Gasteiger partial charge in [-0.1, -0.05) is 48.6 Å². The van der Waals surface area contributed by atoms with Crippen LogP contribution in [0.1, 0.15) is 24.0 Å². The Balaban J connectivity index is 1.45. The summed E-state index contributed by atoms with van der Waals surface area (Å²) in [5.41, 5.74) is 2.28. The number of nitrogens with one attached hydrogen (secondary N) is 2. The highest BCUT2D eigenvalue weighted by molar-refractivity contribution is 5.88. The van der Waals surface area contributed by atoms with Crippen LogP contribution in [0.25, 0.3) is 6.08 Å². The van der Waals surface area contributed by atoms with Crippen LogP contribution in [0.2, 0.25) is 0 Å². The second kappa shape index (κ2) is 11.1. The second-order valence-corrected chi connectivity index (χ2v) is 7.13. The number of hydrogen-bond donors (Lipinski definition) is 2. The van der Waals surface area contributed by atoms with Gasteiger partial charge in [-0.05, 0) is 30.0 Å². The highest BCUT2D eigenvalue weighted by atomic mass is 16.2. The van der Waals surface area contributed by atoms with Gasteiger partial charge in [-0.3, -0.25) is 19.5 Å². The first-order chi connectivity index (χ1) is 14.2. The average molecular weight is 393 g/mol. The quantitative estimate of drug-likeness (QED) is 0.641. The lowest BCUT2D eigenvalue weighted by molar-refractivity contribution is -0.133. The molecule has 0 saturated carbocycles. The van der Waals surface area contributed by atoms with Gasteiger partial charge in [-0.15, -0.1) is 0 Å². The first kappa shape index (κ1) is 20.7. The van der Waals surface area contributed by atoms with Gasteiger partial charge in [-0.25, -0.2) is 0 Å². The van der Waals surface area contributed by atoms with Gasteiger partial charge >= 0.3 is 0 Å². The number of pyridine rings is 1. The zero-order valence-corrected chi connectivity index (χ0v) is 16.6. The summed E-state index contributed by atoms with van der Waals surface area (Å²) in [5.74, 6) is -0.162. The minimum absolute atomic E-state index is 0.0742. The molecule has 1 aromatic heterocycles. The van der Waals surface area contributed by atoms with E-state index in [1.807, 2.05) is 60.8 Å². The molecule has 1 atom stereocenters. The molecule has 6 nitrogen and oxygen atoms in total. The Morgan fingerprint density at radius 3 is 2.90 bits per heavy atom. The van der Waals surface area contributed by atoms with Crippen LogP contribution < -0.4 is 10.6 Å². The zero-order valence-electron chi connectivity index (χ0n) is 16.6. The third kappa shape index (κ3) is 6.84. The summed E-state index contributed by atoms with van der Waals surface area (Å²) in [5, 5.41) is 5.81. The van der Waals surface area contributed by atoms with Crippen molar-refractivity contribution >= 4 is 17.9 Å². The van der Waals surface area contributed by atoms with Crippen molar-refractivity contribution in [3.8, 4) is 0 Å². The number of rotatable bonds is 9. The maximum absolute atomic E-state index is 12.4. The van der Waals surface area contributed by atoms with Crippen molar-refractivity contribution in [1.82, 2.24) is 20.5 Å². The molecule has 2 aromatic rings. The van der Waals surface area contributed by atoms with Gasteiger partial charge < -0.3 is 10.6 Å². The van der Waals surface area contributed by atoms with Crippen LogP contribution in [0.15, 0.2) is 60.9 Å². The number of carbonyl (C=O) groups is 2. The topological polar surface area (TPSA) is 74.3 Å². The Kier molecular flexibility index (Phi) is 7.95. The fraction of sp³-hybridized carbons (Fsp3) is 0.348. The van der Waals surface area contributed by atoms with Gasteiger partial charge in [-0.2, -0.15) is 0 Å². The summed E-state index contributed by atoms with van der Waals surface area (Å²) in [6.07, 6.45) is 9.58. The maximum atomic E-state index is 12.4. The van der Waals surface area contributed by atoms with Gasteiger partial charge in [0.05, 0.1) is 12.5 Å². The van der Waals surface area contributed by atoms with Crippen molar-refractivity contribution in [3.63, 3.8) is 0 Å². The lowest BCUT2D eigenvalue weighted by Gasteiger charge is -2.33. The highest BCUT2D eigenvalue weighted by Gasteiger charge is 2.30. The Labute approximate surface area is 172 Å². The number of nitrogens with zero attached hydrogens (tertiary/aromatic N) is 2. The Bertz CT molecular complexity index is 808. The van der Waals surface area contributed by atoms with E-state index in [4.69, 9.17) is 0 Å². The number of hydrogen-bond acceptors (Lipinski definition) is 4. The Hall–Kier alpha value is -2.99. The van der Waals surface area contributed by atoms with Gasteiger partial charge in [0.2, 0.25) is 11.8 Å². The van der Waals surface area contributed by atoms with Gasteiger partial charge in [0.15, 0.2) is 0 Å². The number of amides is 2. The predicted octanol–water partition coefficient (Wildman–Crippen LogP) is 2.03. The van der Waals surface area contributed by atoms with Crippen LogP contribution >= 0.6 is 0 Å². The van der Waals surface area contributed by atoms with Crippen molar-refractivity contribution in [1.29, 1.82) is 0 Å². The molecular formula is C23H28N4O2. The van der Waals surface area contributed by atoms with Crippen LogP contribution in [0.4, 0.5) is 0 Å². The molecule has 1 unspecified atom stereocenters. The molecule has 2 heterocycles. The summed E-state index contributed by atoms with van der Waals surface area (Å²) in [6.45, 7) is 2.59. The molecular weight excluding hydrogens is 364 g/mol. The minimum Gasteiger partial charge on any atom is -0.356 e. The van der Waals surface area contributed by atoms with Crippen LogP contribution in [-0.2, 0) is 16.0 Å². The van der Waals surface area contributed by atoms with E-state index >= 15 is 0 Å². The van der Waals surface area contributed by atoms with Crippen LogP contribution in [-0.4, -0.2) is 53.9 Å². The molecule has 1 saturated heterocycles. The molecule has 152 valence electrons. The third-order valence-corrected chi connectivity index (χ3v) is 4.96. The van der Waals surface area contributed by atoms with Gasteiger partial charge in [0.1, 0.15) is 0 Å². The molecule has 3 rings (SSSR count). The number of piperazine rings is 1. The average Bonchev–Trinajstić information content (AvgIpc) is 2.75. The second-order valence-electron chi connectivity index (χ2n) is 7.13. The van der Waals surface area contributed by atoms with E-state index in [0.29, 0.717) is 19.6 Å². The molecule has 1 aromatic carbocycles. The minimum atomic E-state index is -0.428. The van der Waals surface area contributed by atoms with E-state index in [0.717, 1.165) is 30.5 Å². The molecule has 1 fully saturated rings. The summed E-state index contributed by atoms with van der Waals surface area (Å²) in [4.78, 5) is 30.8. The van der Waals surface area contributed by atoms with Crippen molar-refractivity contribution < 1.29 is 9.59 Å². The highest BCUT2D eigenvalue weighted by Crippen LogP contribution is 2.10. The van der Waals surface area contributed by atoms with E-state index in [2.05, 4.69) is 20.5 Å². The van der Waals surface area contributed by atoms with Crippen molar-refractivity contribution in [2.24, 2.45) is 0 Å². The summed E-state index contributed by atoms with van der Waals surface area (Å²) >= 11 is 0. The lowest BCUT2D eigenvalue weighted by Crippen LogP contribution is -2.56. The first-order valence-electron chi connectivity index (χ1n) is 10.1. The Morgan fingerprint density at radius 1 is 1.24 bits per heavy atom. The molecule has 0 bridgehead atoms. The van der Waals surface area contributed by atoms with Crippen molar-refractivity contribution in [2.45, 2.75) is 25.3 Å². The van der Waals surface area contributed by atoms with Crippen LogP contribution in [0, 0.1) is 0 Å². The molecule has 1 aliphatic heterocycles. The van der Waals surface area contributed by atoms with E-state index < -0.39 is 6.04 Å². The Morgan fingerprint density at radius 2 is 2.10 bits per heavy atom. The maximum Gasteiger partial charge on any atom is 0.237 e. The smallest absolute Gasteiger partial charge is 0.237 e. The molecule has 2 N–H and O–H groups in total. The molecule has 1 aliphatic rings. The largest absolute Gasteiger partial charge is 0.356 e. The number of aromatic nitrogens is 1. The fourth-order valence-corrected chi connectivity index (χ4v) is 3.40. The normalized spacial score (nSPS) is 17.2. The van der Waals surface area contributed by atoms with E-state index in [1.165, 1.54) is 0 Å². The standard InChI is InChI=1S/C23H28N4O2/c28-22(25-13-5-10-20-9-4-12-24-18-20)17-21-23(29)26-14-16-27(21)15-6-11-19-7-2-1-3-8-19/h1-4,6-9,11-12,18,21H,5,10,13-17H2,(H,25,28)(H,26,29). The molecule has 0 aliphatic carbocycles. The summed E-state index contributed by atoms with van der Waals surface area (Å²) in [6, 6.07) is 13.6. The zero-order chi connectivity index (χ0) is 20.3. The molecule has 6 heteroatoms. The van der Waals surface area contributed by atoms with E-state index in [9.17, 15) is 9.59 Å². The molecule has 2 amide bonds. The van der Waals surface area contributed by atoms with Crippen LogP contribution in [0.5, 0.6) is 0 Å². The van der Waals surface area contributed by atoms with Crippen molar-refractivity contribution in [2.75, 3.05) is 26.2 Å². The molecule has 0 radical (unpaired) electrons. The number of carbonyl (C=O) groups excluding carboxylic acids is 2. The predicted molar refractivity (Wildman–Crippen MR) is 114 cm³/mol. The number of benzene rings is 1. The number of aryl methyl sites for hydroxylation is 1.